The topological polar surface area (TPSA) is 51.2 Å². The number of hydrogen-bond acceptors (Lipinski definition) is 5. The summed E-state index contributed by atoms with van der Waals surface area (Å²) in [7, 11) is 1.74. The molecule has 3 aliphatic heterocycles. The number of nitrogens with zero attached hydrogens (tertiary/aromatic N) is 2. The van der Waals surface area contributed by atoms with Crippen LogP contribution in [0.1, 0.15) is 25.7 Å². The molecule has 6 nitrogen and oxygen atoms in total. The van der Waals surface area contributed by atoms with Crippen molar-refractivity contribution >= 4 is 5.91 Å². The van der Waals surface area contributed by atoms with Gasteiger partial charge in [-0.15, -0.1) is 0 Å². The first-order chi connectivity index (χ1) is 11.2. The molecule has 6 heteroatoms. The second kappa shape index (κ2) is 7.92. The summed E-state index contributed by atoms with van der Waals surface area (Å²) in [5.41, 5.74) is 0.0662. The molecule has 3 saturated heterocycles. The lowest BCUT2D eigenvalue weighted by molar-refractivity contribution is -0.145. The molecule has 132 valence electrons. The van der Waals surface area contributed by atoms with Crippen molar-refractivity contribution in [3.05, 3.63) is 0 Å². The number of carbonyl (C=O) groups excluding carboxylic acids is 1. The second-order valence-corrected chi connectivity index (χ2v) is 7.19. The Hall–Kier alpha value is -0.690. The van der Waals surface area contributed by atoms with Crippen molar-refractivity contribution < 1.29 is 19.0 Å². The van der Waals surface area contributed by atoms with Gasteiger partial charge >= 0.3 is 0 Å². The Labute approximate surface area is 139 Å². The molecule has 0 radical (unpaired) electrons. The lowest BCUT2D eigenvalue weighted by atomic mass is 9.80. The Bertz CT molecular complexity index is 400. The van der Waals surface area contributed by atoms with E-state index in [2.05, 4.69) is 4.90 Å². The number of likely N-dealkylation sites (tertiary alicyclic amines) is 1. The van der Waals surface area contributed by atoms with Crippen molar-refractivity contribution in [3.63, 3.8) is 0 Å². The van der Waals surface area contributed by atoms with Crippen LogP contribution in [0.25, 0.3) is 0 Å². The monoisotopic (exact) mass is 326 g/mol. The Balaban J connectivity index is 1.63. The predicted octanol–water partition coefficient (Wildman–Crippen LogP) is 0.753. The number of rotatable bonds is 4. The molecule has 1 spiro atoms. The van der Waals surface area contributed by atoms with Crippen LogP contribution in [0.4, 0.5) is 0 Å². The number of amides is 1. The fourth-order valence-corrected chi connectivity index (χ4v) is 4.11. The fourth-order valence-electron chi connectivity index (χ4n) is 4.11. The Kier molecular flexibility index (Phi) is 5.91. The van der Waals surface area contributed by atoms with Gasteiger partial charge in [0.05, 0.1) is 19.8 Å². The maximum absolute atomic E-state index is 12.7. The molecule has 0 bridgehead atoms. The average Bonchev–Trinajstić information content (AvgIpc) is 3.03. The maximum atomic E-state index is 12.7. The van der Waals surface area contributed by atoms with Crippen LogP contribution in [0.2, 0.25) is 0 Å². The van der Waals surface area contributed by atoms with E-state index >= 15 is 0 Å². The third kappa shape index (κ3) is 4.24. The Morgan fingerprint density at radius 2 is 2.17 bits per heavy atom. The molecule has 3 aliphatic rings. The van der Waals surface area contributed by atoms with Crippen LogP contribution in [0, 0.1) is 5.41 Å². The minimum atomic E-state index is -0.207. The first-order valence-electron chi connectivity index (χ1n) is 8.92. The zero-order chi connectivity index (χ0) is 16.1. The van der Waals surface area contributed by atoms with Crippen LogP contribution in [0.15, 0.2) is 0 Å². The molecule has 0 aromatic heterocycles. The second-order valence-electron chi connectivity index (χ2n) is 7.19. The van der Waals surface area contributed by atoms with Crippen molar-refractivity contribution in [2.45, 2.75) is 31.8 Å². The molecule has 3 fully saturated rings. The average molecular weight is 326 g/mol. The van der Waals surface area contributed by atoms with Crippen molar-refractivity contribution in [1.82, 2.24) is 9.80 Å². The molecule has 0 saturated carbocycles. The van der Waals surface area contributed by atoms with Gasteiger partial charge in [-0.2, -0.15) is 0 Å². The van der Waals surface area contributed by atoms with Crippen molar-refractivity contribution in [2.75, 3.05) is 66.3 Å². The van der Waals surface area contributed by atoms with Gasteiger partial charge in [-0.05, 0) is 25.7 Å². The van der Waals surface area contributed by atoms with E-state index in [0.29, 0.717) is 0 Å². The zero-order valence-electron chi connectivity index (χ0n) is 14.3. The van der Waals surface area contributed by atoms with E-state index in [1.165, 1.54) is 0 Å². The number of piperidine rings is 1. The molecule has 1 amide bonds. The van der Waals surface area contributed by atoms with Gasteiger partial charge in [0.25, 0.3) is 5.91 Å². The zero-order valence-corrected chi connectivity index (χ0v) is 14.3. The molecule has 3 rings (SSSR count). The van der Waals surface area contributed by atoms with E-state index in [1.54, 1.807) is 7.11 Å². The number of methoxy groups -OCH3 is 1. The number of carbonyl (C=O) groups is 1. The first-order valence-corrected chi connectivity index (χ1v) is 8.92. The molecular weight excluding hydrogens is 296 g/mol. The minimum absolute atomic E-state index is 0.0662. The first kappa shape index (κ1) is 17.1. The molecule has 0 aromatic rings. The Morgan fingerprint density at radius 3 is 2.96 bits per heavy atom. The third-order valence-corrected chi connectivity index (χ3v) is 5.31. The number of ether oxygens (including phenoxy) is 3. The van der Waals surface area contributed by atoms with Gasteiger partial charge in [0.2, 0.25) is 0 Å². The molecule has 0 aliphatic carbocycles. The summed E-state index contributed by atoms with van der Waals surface area (Å²) >= 11 is 0. The van der Waals surface area contributed by atoms with Crippen molar-refractivity contribution in [3.8, 4) is 0 Å². The highest BCUT2D eigenvalue weighted by Crippen LogP contribution is 2.33. The molecular formula is C17H30N2O4. The standard InChI is InChI=1S/C17H30N2O4/c1-21-10-7-18-8-11-22-14-17(12-18)5-3-6-19(13-17)16(20)15-4-2-9-23-15/h15H,2-14H2,1H3/t15-,17-/m1/s1. The molecule has 3 heterocycles. The summed E-state index contributed by atoms with van der Waals surface area (Å²) in [5.74, 6) is 0.189. The van der Waals surface area contributed by atoms with E-state index in [0.717, 1.165) is 84.8 Å². The lowest BCUT2D eigenvalue weighted by Crippen LogP contribution is -2.54. The fraction of sp³-hybridized carbons (Fsp3) is 0.941. The lowest BCUT2D eigenvalue weighted by Gasteiger charge is -2.44. The van der Waals surface area contributed by atoms with Gasteiger partial charge in [0, 0.05) is 51.9 Å². The minimum Gasteiger partial charge on any atom is -0.383 e. The van der Waals surface area contributed by atoms with Crippen LogP contribution in [0.5, 0.6) is 0 Å². The summed E-state index contributed by atoms with van der Waals surface area (Å²) in [6.07, 6.45) is 3.86. The highest BCUT2D eigenvalue weighted by molar-refractivity contribution is 5.81. The van der Waals surface area contributed by atoms with E-state index < -0.39 is 0 Å². The quantitative estimate of drug-likeness (QED) is 0.763. The van der Waals surface area contributed by atoms with E-state index in [-0.39, 0.29) is 17.4 Å². The smallest absolute Gasteiger partial charge is 0.251 e. The largest absolute Gasteiger partial charge is 0.383 e. The normalized spacial score (nSPS) is 33.1. The molecule has 0 N–H and O–H groups in total. The van der Waals surface area contributed by atoms with Crippen molar-refractivity contribution in [1.29, 1.82) is 0 Å². The van der Waals surface area contributed by atoms with Crippen LogP contribution >= 0.6 is 0 Å². The predicted molar refractivity (Wildman–Crippen MR) is 86.4 cm³/mol. The van der Waals surface area contributed by atoms with E-state index in [1.807, 2.05) is 4.90 Å². The molecule has 0 unspecified atom stereocenters. The number of hydrogen-bond donors (Lipinski definition) is 0. The van der Waals surface area contributed by atoms with Crippen LogP contribution < -0.4 is 0 Å². The summed E-state index contributed by atoms with van der Waals surface area (Å²) < 4.78 is 16.7. The summed E-state index contributed by atoms with van der Waals surface area (Å²) in [4.78, 5) is 17.1. The van der Waals surface area contributed by atoms with Gasteiger partial charge in [-0.25, -0.2) is 0 Å². The highest BCUT2D eigenvalue weighted by atomic mass is 16.5. The van der Waals surface area contributed by atoms with Crippen molar-refractivity contribution in [2.24, 2.45) is 5.41 Å². The molecule has 23 heavy (non-hydrogen) atoms. The van der Waals surface area contributed by atoms with E-state index in [9.17, 15) is 4.79 Å². The van der Waals surface area contributed by atoms with Gasteiger partial charge in [0.1, 0.15) is 6.10 Å². The van der Waals surface area contributed by atoms with Gasteiger partial charge in [0.15, 0.2) is 0 Å². The van der Waals surface area contributed by atoms with Crippen LogP contribution in [-0.4, -0.2) is 88.1 Å². The third-order valence-electron chi connectivity index (χ3n) is 5.31. The summed E-state index contributed by atoms with van der Waals surface area (Å²) in [5, 5.41) is 0. The molecule has 2 atom stereocenters. The maximum Gasteiger partial charge on any atom is 0.251 e. The van der Waals surface area contributed by atoms with Gasteiger partial charge < -0.3 is 19.1 Å². The summed E-state index contributed by atoms with van der Waals surface area (Å²) in [6.45, 7) is 7.53. The highest BCUT2D eigenvalue weighted by Gasteiger charge is 2.41. The molecule has 0 aromatic carbocycles. The SMILES string of the molecule is COCCN1CCOC[C@]2(CCCN(C(=O)[C@H]3CCCO3)C2)C1. The van der Waals surface area contributed by atoms with Gasteiger partial charge in [-0.3, -0.25) is 9.69 Å². The van der Waals surface area contributed by atoms with E-state index in [4.69, 9.17) is 14.2 Å². The van der Waals surface area contributed by atoms with Crippen LogP contribution in [-0.2, 0) is 19.0 Å². The summed E-state index contributed by atoms with van der Waals surface area (Å²) in [6, 6.07) is 0. The van der Waals surface area contributed by atoms with Crippen LogP contribution in [0.3, 0.4) is 0 Å². The Morgan fingerprint density at radius 1 is 1.26 bits per heavy atom. The van der Waals surface area contributed by atoms with Gasteiger partial charge in [-0.1, -0.05) is 0 Å².